The summed E-state index contributed by atoms with van der Waals surface area (Å²) in [5, 5.41) is 6.26. The van der Waals surface area contributed by atoms with Crippen molar-refractivity contribution in [1.82, 2.24) is 10.6 Å². The quantitative estimate of drug-likeness (QED) is 0.645. The molecule has 2 aromatic carbocycles. The molecule has 0 fully saturated rings. The molecule has 0 spiro atoms. The number of nitrogens with one attached hydrogen (secondary N) is 2. The zero-order valence-electron chi connectivity index (χ0n) is 15.0. The van der Waals surface area contributed by atoms with E-state index in [1.54, 1.807) is 35.7 Å². The van der Waals surface area contributed by atoms with Gasteiger partial charge in [0.05, 0.1) is 0 Å². The van der Waals surface area contributed by atoms with Crippen LogP contribution in [0.1, 0.15) is 21.3 Å². The van der Waals surface area contributed by atoms with E-state index in [1.807, 2.05) is 36.4 Å². The second-order valence-corrected chi connectivity index (χ2v) is 6.71. The first-order valence-corrected chi connectivity index (χ1v) is 9.39. The van der Waals surface area contributed by atoms with Crippen LogP contribution in [0.3, 0.4) is 0 Å². The van der Waals surface area contributed by atoms with Crippen LogP contribution in [0.4, 0.5) is 4.79 Å². The van der Waals surface area contributed by atoms with E-state index in [9.17, 15) is 14.4 Å². The Kier molecular flexibility index (Phi) is 6.18. The Labute approximate surface area is 166 Å². The topological polar surface area (TPSA) is 84.5 Å². The largest absolute Gasteiger partial charge is 0.443 e. The van der Waals surface area contributed by atoms with Gasteiger partial charge in [-0.05, 0) is 17.0 Å². The molecule has 1 heterocycles. The van der Waals surface area contributed by atoms with Crippen molar-refractivity contribution < 1.29 is 19.1 Å². The number of hydrogen-bond donors (Lipinski definition) is 2. The molecule has 0 saturated heterocycles. The van der Waals surface area contributed by atoms with E-state index in [1.165, 1.54) is 18.4 Å². The number of esters is 1. The molecule has 3 amide bonds. The van der Waals surface area contributed by atoms with Crippen molar-refractivity contribution in [2.75, 3.05) is 7.05 Å². The molecule has 3 rings (SSSR count). The van der Waals surface area contributed by atoms with Crippen molar-refractivity contribution in [3.05, 3.63) is 82.6 Å². The maximum Gasteiger partial charge on any atom is 0.350 e. The summed E-state index contributed by atoms with van der Waals surface area (Å²) in [6.07, 6.45) is -1.25. The van der Waals surface area contributed by atoms with Gasteiger partial charge < -0.3 is 10.1 Å². The van der Waals surface area contributed by atoms with E-state index in [0.29, 0.717) is 10.4 Å². The van der Waals surface area contributed by atoms with Gasteiger partial charge in [0.2, 0.25) is 6.10 Å². The number of rotatable bonds is 5. The van der Waals surface area contributed by atoms with Gasteiger partial charge in [0.15, 0.2) is 0 Å². The Bertz CT molecular complexity index is 970. The lowest BCUT2D eigenvalue weighted by molar-refractivity contribution is -0.129. The third-order valence-corrected chi connectivity index (χ3v) is 4.86. The highest BCUT2D eigenvalue weighted by atomic mass is 32.1. The molecule has 0 saturated carbocycles. The Morgan fingerprint density at radius 3 is 2.21 bits per heavy atom. The minimum atomic E-state index is -1.25. The summed E-state index contributed by atoms with van der Waals surface area (Å²) < 4.78 is 5.53. The molecule has 2 N–H and O–H groups in total. The Morgan fingerprint density at radius 1 is 0.929 bits per heavy atom. The molecular weight excluding hydrogens is 376 g/mol. The highest BCUT2D eigenvalue weighted by Crippen LogP contribution is 2.30. The summed E-state index contributed by atoms with van der Waals surface area (Å²) in [6.45, 7) is 0. The fraction of sp³-hybridized carbons (Fsp3) is 0.0952. The second kappa shape index (κ2) is 8.96. The molecule has 0 aliphatic rings. The molecule has 1 aromatic heterocycles. The standard InChI is InChI=1S/C21H18N2O4S/c1-22-21(26)23-19(24)17(15-10-6-3-7-11-15)27-20(25)18-16(12-13-28-18)14-8-4-2-5-9-14/h2-13,17H,1H3,(H2,22,23,24,26). The fourth-order valence-corrected chi connectivity index (χ4v) is 3.41. The number of carbonyl (C=O) groups excluding carboxylic acids is 3. The summed E-state index contributed by atoms with van der Waals surface area (Å²) in [7, 11) is 1.39. The Balaban J connectivity index is 1.87. The van der Waals surface area contributed by atoms with Crippen molar-refractivity contribution >= 4 is 29.2 Å². The molecule has 28 heavy (non-hydrogen) atoms. The number of urea groups is 1. The van der Waals surface area contributed by atoms with Gasteiger partial charge in [0, 0.05) is 18.2 Å². The van der Waals surface area contributed by atoms with Crippen LogP contribution in [0.25, 0.3) is 11.1 Å². The Morgan fingerprint density at radius 2 is 1.57 bits per heavy atom. The summed E-state index contributed by atoms with van der Waals surface area (Å²) in [6, 6.07) is 19.2. The predicted octanol–water partition coefficient (Wildman–Crippen LogP) is 3.77. The average Bonchev–Trinajstić information content (AvgIpc) is 3.23. The SMILES string of the molecule is CNC(=O)NC(=O)C(OC(=O)c1sccc1-c1ccccc1)c1ccccc1. The molecule has 0 aliphatic heterocycles. The van der Waals surface area contributed by atoms with E-state index in [0.717, 1.165) is 11.1 Å². The first-order valence-electron chi connectivity index (χ1n) is 8.51. The number of carbonyl (C=O) groups is 3. The molecule has 6 nitrogen and oxygen atoms in total. The van der Waals surface area contributed by atoms with E-state index in [2.05, 4.69) is 10.6 Å². The smallest absolute Gasteiger partial charge is 0.350 e. The maximum atomic E-state index is 12.9. The number of thiophene rings is 1. The van der Waals surface area contributed by atoms with E-state index >= 15 is 0 Å². The van der Waals surface area contributed by atoms with Crippen LogP contribution >= 0.6 is 11.3 Å². The number of ether oxygens (including phenoxy) is 1. The molecule has 0 aliphatic carbocycles. The van der Waals surface area contributed by atoms with Crippen LogP contribution < -0.4 is 10.6 Å². The van der Waals surface area contributed by atoms with E-state index in [-0.39, 0.29) is 0 Å². The fourth-order valence-electron chi connectivity index (χ4n) is 2.61. The van der Waals surface area contributed by atoms with Gasteiger partial charge >= 0.3 is 12.0 Å². The zero-order chi connectivity index (χ0) is 19.9. The summed E-state index contributed by atoms with van der Waals surface area (Å²) in [4.78, 5) is 37.3. The van der Waals surface area contributed by atoms with Crippen molar-refractivity contribution in [3.8, 4) is 11.1 Å². The maximum absolute atomic E-state index is 12.9. The van der Waals surface area contributed by atoms with Crippen LogP contribution in [-0.4, -0.2) is 25.0 Å². The molecule has 142 valence electrons. The first-order chi connectivity index (χ1) is 13.6. The highest BCUT2D eigenvalue weighted by Gasteiger charge is 2.28. The minimum absolute atomic E-state index is 0.389. The predicted molar refractivity (Wildman–Crippen MR) is 107 cm³/mol. The van der Waals surface area contributed by atoms with Crippen LogP contribution in [0, 0.1) is 0 Å². The monoisotopic (exact) mass is 394 g/mol. The first kappa shape index (κ1) is 19.3. The second-order valence-electron chi connectivity index (χ2n) is 5.79. The molecule has 1 atom stereocenters. The molecule has 3 aromatic rings. The summed E-state index contributed by atoms with van der Waals surface area (Å²) in [5.74, 6) is -1.36. The van der Waals surface area contributed by atoms with Gasteiger partial charge in [0.25, 0.3) is 5.91 Å². The van der Waals surface area contributed by atoms with Crippen LogP contribution in [0.2, 0.25) is 0 Å². The lowest BCUT2D eigenvalue weighted by atomic mass is 10.1. The normalized spacial score (nSPS) is 11.3. The van der Waals surface area contributed by atoms with Crippen molar-refractivity contribution in [2.24, 2.45) is 0 Å². The van der Waals surface area contributed by atoms with Gasteiger partial charge in [-0.1, -0.05) is 60.7 Å². The summed E-state index contributed by atoms with van der Waals surface area (Å²) in [5.41, 5.74) is 2.07. The van der Waals surface area contributed by atoms with Crippen LogP contribution in [-0.2, 0) is 9.53 Å². The van der Waals surface area contributed by atoms with Crippen molar-refractivity contribution in [2.45, 2.75) is 6.10 Å². The van der Waals surface area contributed by atoms with E-state index in [4.69, 9.17) is 4.74 Å². The van der Waals surface area contributed by atoms with E-state index < -0.39 is 24.0 Å². The van der Waals surface area contributed by atoms with Gasteiger partial charge in [-0.25, -0.2) is 9.59 Å². The molecule has 1 unspecified atom stereocenters. The molecular formula is C21H18N2O4S. The van der Waals surface area contributed by atoms with Gasteiger partial charge in [-0.15, -0.1) is 11.3 Å². The number of amides is 3. The van der Waals surface area contributed by atoms with Crippen LogP contribution in [0.5, 0.6) is 0 Å². The van der Waals surface area contributed by atoms with Gasteiger partial charge in [-0.3, -0.25) is 10.1 Å². The zero-order valence-corrected chi connectivity index (χ0v) is 15.9. The van der Waals surface area contributed by atoms with Gasteiger partial charge in [-0.2, -0.15) is 0 Å². The third-order valence-electron chi connectivity index (χ3n) is 3.96. The highest BCUT2D eigenvalue weighted by molar-refractivity contribution is 7.12. The lowest BCUT2D eigenvalue weighted by Gasteiger charge is -2.17. The molecule has 0 radical (unpaired) electrons. The van der Waals surface area contributed by atoms with Crippen molar-refractivity contribution in [3.63, 3.8) is 0 Å². The minimum Gasteiger partial charge on any atom is -0.443 e. The number of hydrogen-bond acceptors (Lipinski definition) is 5. The molecule has 7 heteroatoms. The third kappa shape index (κ3) is 4.44. The summed E-state index contributed by atoms with van der Waals surface area (Å²) >= 11 is 1.23. The lowest BCUT2D eigenvalue weighted by Crippen LogP contribution is -2.41. The number of imide groups is 1. The number of benzene rings is 2. The molecule has 0 bridgehead atoms. The van der Waals surface area contributed by atoms with Crippen LogP contribution in [0.15, 0.2) is 72.1 Å². The van der Waals surface area contributed by atoms with Crippen molar-refractivity contribution in [1.29, 1.82) is 0 Å². The average molecular weight is 394 g/mol. The Hall–Kier alpha value is -3.45. The van der Waals surface area contributed by atoms with Gasteiger partial charge in [0.1, 0.15) is 4.88 Å².